The first-order valence-electron chi connectivity index (χ1n) is 12.7. The number of likely N-dealkylation sites (tertiary alicyclic amines) is 1. The Hall–Kier alpha value is -3.50. The molecule has 2 amide bonds. The predicted octanol–water partition coefficient (Wildman–Crippen LogP) is 2.42. The smallest absolute Gasteiger partial charge is 0.269 e. The largest absolute Gasteiger partial charge is 0.497 e. The van der Waals surface area contributed by atoms with Gasteiger partial charge in [0.1, 0.15) is 11.8 Å². The Labute approximate surface area is 217 Å². The highest BCUT2D eigenvalue weighted by Crippen LogP contribution is 2.28. The SMILES string of the molecule is COc1cccc(CN(Cc2ccc([N+](=O)[O-])cc2)C2CC(C(=O)N3CCCNCC3)N(C(C)=O)C2)c1. The van der Waals surface area contributed by atoms with Gasteiger partial charge in [0.2, 0.25) is 11.8 Å². The fraction of sp³-hybridized carbons (Fsp3) is 0.481. The summed E-state index contributed by atoms with van der Waals surface area (Å²) in [7, 11) is 1.63. The van der Waals surface area contributed by atoms with E-state index < -0.39 is 11.0 Å². The normalized spacial score (nSPS) is 20.1. The summed E-state index contributed by atoms with van der Waals surface area (Å²) in [5.41, 5.74) is 2.02. The van der Waals surface area contributed by atoms with Crippen molar-refractivity contribution in [3.63, 3.8) is 0 Å². The quantitative estimate of drug-likeness (QED) is 0.430. The van der Waals surface area contributed by atoms with Crippen LogP contribution in [-0.4, -0.2) is 83.4 Å². The number of ether oxygens (including phenoxy) is 1. The number of hydrogen-bond donors (Lipinski definition) is 1. The number of rotatable bonds is 8. The summed E-state index contributed by atoms with van der Waals surface area (Å²) in [4.78, 5) is 42.7. The van der Waals surface area contributed by atoms with Crippen LogP contribution in [0.2, 0.25) is 0 Å². The minimum Gasteiger partial charge on any atom is -0.497 e. The van der Waals surface area contributed by atoms with Gasteiger partial charge in [0.25, 0.3) is 5.69 Å². The predicted molar refractivity (Wildman–Crippen MR) is 139 cm³/mol. The molecule has 2 fully saturated rings. The minimum atomic E-state index is -0.495. The van der Waals surface area contributed by atoms with Crippen LogP contribution in [0.25, 0.3) is 0 Å². The van der Waals surface area contributed by atoms with Gasteiger partial charge in [0, 0.05) is 64.4 Å². The van der Waals surface area contributed by atoms with Crippen molar-refractivity contribution in [1.29, 1.82) is 0 Å². The minimum absolute atomic E-state index is 0.0121. The van der Waals surface area contributed by atoms with Crippen molar-refractivity contribution in [2.24, 2.45) is 0 Å². The van der Waals surface area contributed by atoms with Gasteiger partial charge in [0.15, 0.2) is 0 Å². The van der Waals surface area contributed by atoms with Gasteiger partial charge in [-0.1, -0.05) is 24.3 Å². The molecule has 198 valence electrons. The van der Waals surface area contributed by atoms with Crippen LogP contribution in [0.4, 0.5) is 5.69 Å². The molecule has 4 rings (SSSR count). The number of nitrogens with zero attached hydrogens (tertiary/aromatic N) is 4. The molecule has 2 aliphatic heterocycles. The van der Waals surface area contributed by atoms with E-state index in [0.29, 0.717) is 39.1 Å². The van der Waals surface area contributed by atoms with Gasteiger partial charge in [-0.3, -0.25) is 24.6 Å². The second-order valence-corrected chi connectivity index (χ2v) is 9.69. The van der Waals surface area contributed by atoms with Crippen molar-refractivity contribution in [3.05, 3.63) is 69.8 Å². The average molecular weight is 510 g/mol. The van der Waals surface area contributed by atoms with Crippen LogP contribution in [0.3, 0.4) is 0 Å². The molecule has 0 spiro atoms. The number of amides is 2. The van der Waals surface area contributed by atoms with Gasteiger partial charge in [-0.25, -0.2) is 0 Å². The van der Waals surface area contributed by atoms with Crippen LogP contribution in [-0.2, 0) is 22.7 Å². The summed E-state index contributed by atoms with van der Waals surface area (Å²) >= 11 is 0. The van der Waals surface area contributed by atoms with Crippen molar-refractivity contribution in [3.8, 4) is 5.75 Å². The third-order valence-corrected chi connectivity index (χ3v) is 7.19. The fourth-order valence-corrected chi connectivity index (χ4v) is 5.21. The molecule has 10 heteroatoms. The summed E-state index contributed by atoms with van der Waals surface area (Å²) in [6, 6.07) is 13.8. The van der Waals surface area contributed by atoms with E-state index in [1.165, 1.54) is 19.1 Å². The molecule has 0 saturated carbocycles. The first kappa shape index (κ1) is 26.6. The van der Waals surface area contributed by atoms with E-state index in [0.717, 1.165) is 36.4 Å². The zero-order valence-corrected chi connectivity index (χ0v) is 21.5. The molecule has 10 nitrogen and oxygen atoms in total. The monoisotopic (exact) mass is 509 g/mol. The number of benzene rings is 2. The third kappa shape index (κ3) is 6.64. The Kier molecular flexibility index (Phi) is 8.73. The van der Waals surface area contributed by atoms with E-state index in [1.807, 2.05) is 29.2 Å². The van der Waals surface area contributed by atoms with E-state index >= 15 is 0 Å². The molecule has 2 atom stereocenters. The first-order chi connectivity index (χ1) is 17.9. The van der Waals surface area contributed by atoms with Crippen LogP contribution in [0.15, 0.2) is 48.5 Å². The molecular formula is C27H35N5O5. The number of carbonyl (C=O) groups excluding carboxylic acids is 2. The van der Waals surface area contributed by atoms with Gasteiger partial charge >= 0.3 is 0 Å². The molecule has 2 aromatic carbocycles. The lowest BCUT2D eigenvalue weighted by Gasteiger charge is -2.29. The van der Waals surface area contributed by atoms with Gasteiger partial charge in [0.05, 0.1) is 12.0 Å². The summed E-state index contributed by atoms with van der Waals surface area (Å²) < 4.78 is 5.40. The molecule has 2 unspecified atom stereocenters. The molecule has 1 N–H and O–H groups in total. The van der Waals surface area contributed by atoms with Crippen molar-refractivity contribution in [1.82, 2.24) is 20.0 Å². The van der Waals surface area contributed by atoms with E-state index in [2.05, 4.69) is 10.2 Å². The lowest BCUT2D eigenvalue weighted by Crippen LogP contribution is -2.48. The van der Waals surface area contributed by atoms with Crippen molar-refractivity contribution < 1.29 is 19.2 Å². The lowest BCUT2D eigenvalue weighted by atomic mass is 10.1. The maximum atomic E-state index is 13.5. The van der Waals surface area contributed by atoms with E-state index in [4.69, 9.17) is 4.74 Å². The number of nitro groups is 1. The number of non-ortho nitro benzene ring substituents is 1. The molecule has 0 aromatic heterocycles. The zero-order chi connectivity index (χ0) is 26.4. The topological polar surface area (TPSA) is 108 Å². The highest BCUT2D eigenvalue weighted by molar-refractivity contribution is 5.87. The summed E-state index contributed by atoms with van der Waals surface area (Å²) in [5, 5.41) is 14.4. The van der Waals surface area contributed by atoms with Gasteiger partial charge in [-0.05, 0) is 42.6 Å². The van der Waals surface area contributed by atoms with Crippen molar-refractivity contribution in [2.75, 3.05) is 39.8 Å². The van der Waals surface area contributed by atoms with Gasteiger partial charge in [-0.15, -0.1) is 0 Å². The van der Waals surface area contributed by atoms with Crippen LogP contribution in [0.1, 0.15) is 30.9 Å². The molecule has 0 bridgehead atoms. The standard InChI is InChI=1S/C27H35N5O5/c1-20(33)31-19-24(16-26(31)27(34)29-13-4-11-28-12-14-29)30(18-22-5-3-6-25(15-22)37-2)17-21-7-9-23(10-8-21)32(35)36/h3,5-10,15,24,26,28H,4,11-14,16-19H2,1-2H3. The Balaban J connectivity index is 1.58. The number of carbonyl (C=O) groups is 2. The molecule has 0 radical (unpaired) electrons. The number of nitro benzene ring substituents is 1. The summed E-state index contributed by atoms with van der Waals surface area (Å²) in [5.74, 6) is 0.663. The lowest BCUT2D eigenvalue weighted by molar-refractivity contribution is -0.384. The maximum absolute atomic E-state index is 13.5. The average Bonchev–Trinajstić information content (AvgIpc) is 3.17. The third-order valence-electron chi connectivity index (χ3n) is 7.19. The van der Waals surface area contributed by atoms with E-state index in [-0.39, 0.29) is 23.5 Å². The summed E-state index contributed by atoms with van der Waals surface area (Å²) in [6.07, 6.45) is 1.43. The fourth-order valence-electron chi connectivity index (χ4n) is 5.21. The van der Waals surface area contributed by atoms with Crippen LogP contribution in [0, 0.1) is 10.1 Å². The molecule has 2 aliphatic rings. The molecule has 2 aromatic rings. The van der Waals surface area contributed by atoms with Crippen LogP contribution in [0.5, 0.6) is 5.75 Å². The van der Waals surface area contributed by atoms with Crippen LogP contribution < -0.4 is 10.1 Å². The second-order valence-electron chi connectivity index (χ2n) is 9.69. The van der Waals surface area contributed by atoms with Crippen LogP contribution >= 0.6 is 0 Å². The highest BCUT2D eigenvalue weighted by Gasteiger charge is 2.42. The summed E-state index contributed by atoms with van der Waals surface area (Å²) in [6.45, 7) is 6.06. The van der Waals surface area contributed by atoms with E-state index in [9.17, 15) is 19.7 Å². The molecule has 37 heavy (non-hydrogen) atoms. The molecule has 2 heterocycles. The molecule has 2 saturated heterocycles. The van der Waals surface area contributed by atoms with Crippen molar-refractivity contribution >= 4 is 17.5 Å². The first-order valence-corrected chi connectivity index (χ1v) is 12.7. The second kappa shape index (κ2) is 12.2. The number of hydrogen-bond acceptors (Lipinski definition) is 7. The Morgan fingerprint density at radius 2 is 1.86 bits per heavy atom. The van der Waals surface area contributed by atoms with E-state index in [1.54, 1.807) is 24.1 Å². The number of nitrogens with one attached hydrogen (secondary N) is 1. The Bertz CT molecular complexity index is 1100. The molecule has 0 aliphatic carbocycles. The highest BCUT2D eigenvalue weighted by atomic mass is 16.6. The maximum Gasteiger partial charge on any atom is 0.269 e. The number of methoxy groups -OCH3 is 1. The Morgan fingerprint density at radius 1 is 1.11 bits per heavy atom. The van der Waals surface area contributed by atoms with Gasteiger partial charge in [-0.2, -0.15) is 0 Å². The zero-order valence-electron chi connectivity index (χ0n) is 21.5. The Morgan fingerprint density at radius 3 is 2.57 bits per heavy atom. The van der Waals surface area contributed by atoms with Gasteiger partial charge < -0.3 is 19.9 Å². The van der Waals surface area contributed by atoms with Crippen molar-refractivity contribution in [2.45, 2.75) is 44.9 Å². The molecular weight excluding hydrogens is 474 g/mol.